The Morgan fingerprint density at radius 1 is 0.592 bits per heavy atom. The summed E-state index contributed by atoms with van der Waals surface area (Å²) in [7, 11) is 2.65. The third kappa shape index (κ3) is 6.82. The van der Waals surface area contributed by atoms with E-state index in [2.05, 4.69) is 23.8 Å². The fraction of sp³-hybridized carbons (Fsp3) is 0.132. The number of nitrogens with two attached hydrogens (primary N) is 2. The molecular weight excluding hydrogens is 620 g/mol. The number of benzene rings is 4. The van der Waals surface area contributed by atoms with Crippen molar-refractivity contribution in [1.82, 2.24) is 9.80 Å². The summed E-state index contributed by atoms with van der Waals surface area (Å²) >= 11 is 0. The number of carbonyl (C=O) groups excluding carboxylic acids is 5. The first-order valence-electron chi connectivity index (χ1n) is 15.3. The minimum absolute atomic E-state index is 0.128. The molecule has 1 saturated heterocycles. The Bertz CT molecular complexity index is 1860. The fourth-order valence-electron chi connectivity index (χ4n) is 5.76. The summed E-state index contributed by atoms with van der Waals surface area (Å²) in [6, 6.07) is 26.2. The number of rotatable bonds is 10. The molecule has 5 rings (SSSR count). The molecule has 4 aromatic carbocycles. The van der Waals surface area contributed by atoms with Crippen molar-refractivity contribution in [2.45, 2.75) is 12.8 Å². The van der Waals surface area contributed by atoms with Crippen molar-refractivity contribution in [2.75, 3.05) is 36.2 Å². The zero-order valence-corrected chi connectivity index (χ0v) is 27.2. The molecule has 248 valence electrons. The Morgan fingerprint density at radius 3 is 1.27 bits per heavy atom. The minimum atomic E-state index is -1.74. The van der Waals surface area contributed by atoms with E-state index in [0.717, 1.165) is 9.80 Å². The van der Waals surface area contributed by atoms with E-state index in [0.29, 0.717) is 56.1 Å². The number of nitrogens with one attached hydrogen (secondary N) is 2. The molecule has 49 heavy (non-hydrogen) atoms. The van der Waals surface area contributed by atoms with Crippen LogP contribution in [-0.2, 0) is 9.59 Å². The summed E-state index contributed by atoms with van der Waals surface area (Å²) in [6.45, 7) is 8.36. The van der Waals surface area contributed by atoms with Crippen molar-refractivity contribution >= 4 is 63.6 Å². The quantitative estimate of drug-likeness (QED) is 0.122. The van der Waals surface area contributed by atoms with E-state index in [1.54, 1.807) is 97.1 Å². The van der Waals surface area contributed by atoms with Crippen molar-refractivity contribution in [3.05, 3.63) is 132 Å². The van der Waals surface area contributed by atoms with Gasteiger partial charge < -0.3 is 22.1 Å². The third-order valence-electron chi connectivity index (χ3n) is 8.56. The van der Waals surface area contributed by atoms with Gasteiger partial charge in [0.15, 0.2) is 0 Å². The number of imide groups is 2. The molecule has 0 atom stereocenters. The molecule has 0 radical (unpaired) electrons. The number of hydrogen-bond donors (Lipinski definition) is 4. The average Bonchev–Trinajstić information content (AvgIpc) is 3.11. The SMILES string of the molecule is C=C(CC1(CC(=C)c2ccc(C(=O)Nc3ccccc3N)cc2)C(=O)N(C)C(=O)N(C)C1=O)c1ccc(C(=O)Nc2ccccc2N)cc1. The second-order valence-corrected chi connectivity index (χ2v) is 11.9. The van der Waals surface area contributed by atoms with Crippen molar-refractivity contribution in [3.63, 3.8) is 0 Å². The Morgan fingerprint density at radius 2 is 0.918 bits per heavy atom. The molecular formula is C38H36N6O5. The van der Waals surface area contributed by atoms with Gasteiger partial charge in [0.2, 0.25) is 11.8 Å². The number of nitrogens with zero attached hydrogens (tertiary/aromatic N) is 2. The van der Waals surface area contributed by atoms with Gasteiger partial charge in [-0.2, -0.15) is 0 Å². The number of urea groups is 1. The monoisotopic (exact) mass is 656 g/mol. The zero-order valence-electron chi connectivity index (χ0n) is 27.2. The molecule has 0 spiro atoms. The molecule has 6 amide bonds. The van der Waals surface area contributed by atoms with E-state index in [1.807, 2.05) is 0 Å². The highest BCUT2D eigenvalue weighted by atomic mass is 16.2. The smallest absolute Gasteiger partial charge is 0.332 e. The van der Waals surface area contributed by atoms with Crippen molar-refractivity contribution in [1.29, 1.82) is 0 Å². The van der Waals surface area contributed by atoms with Crippen LogP contribution in [0.15, 0.2) is 110 Å². The van der Waals surface area contributed by atoms with Gasteiger partial charge in [0.05, 0.1) is 22.7 Å². The number of para-hydroxylation sites is 4. The molecule has 1 fully saturated rings. The van der Waals surface area contributed by atoms with Crippen LogP contribution < -0.4 is 22.1 Å². The second kappa shape index (κ2) is 13.7. The molecule has 11 heteroatoms. The molecule has 1 aliphatic heterocycles. The predicted octanol–water partition coefficient (Wildman–Crippen LogP) is 5.90. The Balaban J connectivity index is 1.37. The van der Waals surface area contributed by atoms with Crippen LogP contribution in [0.2, 0.25) is 0 Å². The topological polar surface area (TPSA) is 168 Å². The van der Waals surface area contributed by atoms with Crippen LogP contribution in [0.4, 0.5) is 27.5 Å². The van der Waals surface area contributed by atoms with Crippen LogP contribution in [-0.4, -0.2) is 53.6 Å². The van der Waals surface area contributed by atoms with Crippen LogP contribution in [0.5, 0.6) is 0 Å². The molecule has 0 bridgehead atoms. The number of hydrogen-bond acceptors (Lipinski definition) is 7. The second-order valence-electron chi connectivity index (χ2n) is 11.9. The van der Waals surface area contributed by atoms with Gasteiger partial charge in [0, 0.05) is 25.2 Å². The van der Waals surface area contributed by atoms with Crippen LogP contribution in [0, 0.1) is 5.41 Å². The lowest BCUT2D eigenvalue weighted by Gasteiger charge is -2.42. The van der Waals surface area contributed by atoms with E-state index >= 15 is 0 Å². The first-order chi connectivity index (χ1) is 23.3. The summed E-state index contributed by atoms with van der Waals surface area (Å²) in [5, 5.41) is 5.55. The maximum atomic E-state index is 13.9. The lowest BCUT2D eigenvalue weighted by molar-refractivity contribution is -0.156. The predicted molar refractivity (Wildman–Crippen MR) is 191 cm³/mol. The lowest BCUT2D eigenvalue weighted by Crippen LogP contribution is -2.63. The lowest BCUT2D eigenvalue weighted by atomic mass is 9.71. The molecule has 0 aromatic heterocycles. The van der Waals surface area contributed by atoms with E-state index in [9.17, 15) is 24.0 Å². The van der Waals surface area contributed by atoms with Crippen molar-refractivity contribution in [2.24, 2.45) is 5.41 Å². The summed E-state index contributed by atoms with van der Waals surface area (Å²) in [4.78, 5) is 68.1. The number of barbiturate groups is 1. The Labute approximate surface area is 283 Å². The number of nitrogen functional groups attached to an aromatic ring is 2. The molecule has 1 heterocycles. The number of carbonyl (C=O) groups is 5. The molecule has 0 saturated carbocycles. The first-order valence-corrected chi connectivity index (χ1v) is 15.3. The number of allylic oxidation sites excluding steroid dienone is 2. The molecule has 6 N–H and O–H groups in total. The third-order valence-corrected chi connectivity index (χ3v) is 8.56. The normalized spacial score (nSPS) is 14.0. The highest BCUT2D eigenvalue weighted by Gasteiger charge is 2.55. The molecule has 0 aliphatic carbocycles. The summed E-state index contributed by atoms with van der Waals surface area (Å²) < 4.78 is 0. The van der Waals surface area contributed by atoms with Crippen LogP contribution in [0.25, 0.3) is 11.1 Å². The van der Waals surface area contributed by atoms with Gasteiger partial charge in [-0.05, 0) is 83.6 Å². The van der Waals surface area contributed by atoms with Crippen LogP contribution in [0.1, 0.15) is 44.7 Å². The highest BCUT2D eigenvalue weighted by Crippen LogP contribution is 2.43. The average molecular weight is 657 g/mol. The van der Waals surface area contributed by atoms with Crippen molar-refractivity contribution < 1.29 is 24.0 Å². The standard InChI is InChI=1S/C38H36N6O5/c1-23(25-13-17-27(18-14-25)33(45)41-31-11-7-5-9-29(31)39)21-38(35(47)43(3)37(49)44(4)36(38)48)22-24(2)26-15-19-28(20-16-26)34(46)42-32-12-8-6-10-30(32)40/h5-20H,1-2,21-22,39-40H2,3-4H3,(H,41,45)(H,42,46). The maximum absolute atomic E-state index is 13.9. The molecule has 0 unspecified atom stereocenters. The van der Waals surface area contributed by atoms with Gasteiger partial charge in [0.25, 0.3) is 11.8 Å². The van der Waals surface area contributed by atoms with Gasteiger partial charge in [0.1, 0.15) is 5.41 Å². The summed E-state index contributed by atoms with van der Waals surface area (Å²) in [5.74, 6) is -2.10. The van der Waals surface area contributed by atoms with Gasteiger partial charge in [-0.15, -0.1) is 0 Å². The van der Waals surface area contributed by atoms with E-state index in [-0.39, 0.29) is 24.7 Å². The van der Waals surface area contributed by atoms with E-state index < -0.39 is 23.3 Å². The first kappa shape index (κ1) is 33.9. The van der Waals surface area contributed by atoms with Gasteiger partial charge in [-0.3, -0.25) is 29.0 Å². The van der Waals surface area contributed by atoms with E-state index in [1.165, 1.54) is 14.1 Å². The number of amides is 6. The fourth-order valence-corrected chi connectivity index (χ4v) is 5.76. The summed E-state index contributed by atoms with van der Waals surface area (Å²) in [6.07, 6.45) is -0.256. The van der Waals surface area contributed by atoms with Crippen LogP contribution in [0.3, 0.4) is 0 Å². The minimum Gasteiger partial charge on any atom is -0.397 e. The molecule has 4 aromatic rings. The molecule has 1 aliphatic rings. The Hall–Kier alpha value is -6.49. The van der Waals surface area contributed by atoms with Crippen molar-refractivity contribution in [3.8, 4) is 0 Å². The van der Waals surface area contributed by atoms with Crippen LogP contribution >= 0.6 is 0 Å². The highest BCUT2D eigenvalue weighted by molar-refractivity contribution is 6.20. The van der Waals surface area contributed by atoms with Gasteiger partial charge >= 0.3 is 6.03 Å². The number of anilines is 4. The van der Waals surface area contributed by atoms with Gasteiger partial charge in [-0.1, -0.05) is 61.7 Å². The van der Waals surface area contributed by atoms with Gasteiger partial charge in [-0.25, -0.2) is 4.79 Å². The zero-order chi connectivity index (χ0) is 35.5. The summed E-state index contributed by atoms with van der Waals surface area (Å²) in [5.41, 5.74) is 14.8. The molecule has 11 nitrogen and oxygen atoms in total. The maximum Gasteiger partial charge on any atom is 0.332 e. The van der Waals surface area contributed by atoms with E-state index in [4.69, 9.17) is 11.5 Å². The Kier molecular flexibility index (Phi) is 9.47. The largest absolute Gasteiger partial charge is 0.397 e.